The van der Waals surface area contributed by atoms with E-state index in [0.29, 0.717) is 31.1 Å². The number of ether oxygens (including phenoxy) is 1. The van der Waals surface area contributed by atoms with E-state index in [1.165, 1.54) is 35.4 Å². The highest BCUT2D eigenvalue weighted by molar-refractivity contribution is 5.87. The highest BCUT2D eigenvalue weighted by atomic mass is 19.1. The number of hydrogen-bond donors (Lipinski definition) is 3. The number of aromatic carboxylic acids is 1. The number of aryl methyl sites for hydroxylation is 1. The quantitative estimate of drug-likeness (QED) is 0.239. The van der Waals surface area contributed by atoms with Crippen LogP contribution in [0.5, 0.6) is 5.75 Å². The van der Waals surface area contributed by atoms with Crippen molar-refractivity contribution in [3.8, 4) is 5.75 Å². The first-order valence-electron chi connectivity index (χ1n) is 13.8. The summed E-state index contributed by atoms with van der Waals surface area (Å²) in [5.74, 6) is 0.316. The minimum atomic E-state index is -0.974. The van der Waals surface area contributed by atoms with E-state index in [1.54, 1.807) is 12.1 Å². The lowest BCUT2D eigenvalue weighted by Crippen LogP contribution is -2.36. The first-order chi connectivity index (χ1) is 19.4. The van der Waals surface area contributed by atoms with Gasteiger partial charge in [0.05, 0.1) is 11.6 Å². The lowest BCUT2D eigenvalue weighted by molar-refractivity contribution is 0.0697. The molecule has 208 valence electrons. The van der Waals surface area contributed by atoms with Gasteiger partial charge >= 0.3 is 5.97 Å². The molecule has 1 aliphatic heterocycles. The minimum absolute atomic E-state index is 0.0772. The van der Waals surface area contributed by atoms with Gasteiger partial charge in [-0.05, 0) is 79.8 Å². The molecule has 0 spiro atoms. The molecule has 0 aromatic heterocycles. The largest absolute Gasteiger partial charge is 0.491 e. The van der Waals surface area contributed by atoms with Crippen LogP contribution in [0.1, 0.15) is 47.2 Å². The summed E-state index contributed by atoms with van der Waals surface area (Å²) in [7, 11) is 0. The molecule has 1 saturated heterocycles. The maximum absolute atomic E-state index is 14.8. The molecule has 7 heteroatoms. The van der Waals surface area contributed by atoms with E-state index in [2.05, 4.69) is 47.2 Å². The Morgan fingerprint density at radius 1 is 1.07 bits per heavy atom. The lowest BCUT2D eigenvalue weighted by Gasteiger charge is -2.34. The van der Waals surface area contributed by atoms with Crippen molar-refractivity contribution in [3.63, 3.8) is 0 Å². The number of alkyl halides is 1. The maximum Gasteiger partial charge on any atom is 0.335 e. The van der Waals surface area contributed by atoms with Crippen molar-refractivity contribution >= 4 is 17.3 Å². The molecule has 0 amide bonds. The molecule has 6 nitrogen and oxygen atoms in total. The van der Waals surface area contributed by atoms with Crippen LogP contribution in [0.4, 0.5) is 15.8 Å². The van der Waals surface area contributed by atoms with E-state index in [4.69, 9.17) is 9.84 Å². The number of allylic oxidation sites excluding steroid dienone is 2. The van der Waals surface area contributed by atoms with Crippen molar-refractivity contribution in [2.24, 2.45) is 0 Å². The Morgan fingerprint density at radius 2 is 1.82 bits per heavy atom. The number of anilines is 2. The summed E-state index contributed by atoms with van der Waals surface area (Å²) in [5, 5.41) is 15.8. The zero-order valence-corrected chi connectivity index (χ0v) is 22.8. The van der Waals surface area contributed by atoms with Crippen LogP contribution in [0.15, 0.2) is 96.5 Å². The number of likely N-dealkylation sites (tertiary alicyclic amines) is 1. The van der Waals surface area contributed by atoms with Crippen molar-refractivity contribution in [1.29, 1.82) is 0 Å². The summed E-state index contributed by atoms with van der Waals surface area (Å²) in [6.45, 7) is 6.91. The number of nitrogens with zero attached hydrogens (tertiary/aromatic N) is 1. The Bertz CT molecular complexity index is 1380. The Labute approximate surface area is 235 Å². The number of rotatable bonds is 11. The second-order valence-corrected chi connectivity index (χ2v) is 10.6. The van der Waals surface area contributed by atoms with E-state index < -0.39 is 12.1 Å². The number of carboxylic acids is 1. The normalized spacial score (nSPS) is 18.1. The molecule has 3 N–H and O–H groups in total. The second kappa shape index (κ2) is 12.3. The summed E-state index contributed by atoms with van der Waals surface area (Å²) >= 11 is 0. The zero-order chi connectivity index (χ0) is 28.1. The second-order valence-electron chi connectivity index (χ2n) is 10.6. The van der Waals surface area contributed by atoms with Gasteiger partial charge in [0.25, 0.3) is 0 Å². The van der Waals surface area contributed by atoms with Gasteiger partial charge < -0.3 is 25.4 Å². The molecule has 2 atom stereocenters. The van der Waals surface area contributed by atoms with E-state index in [0.717, 1.165) is 36.2 Å². The third-order valence-electron chi connectivity index (χ3n) is 7.64. The number of halogens is 1. The van der Waals surface area contributed by atoms with Crippen LogP contribution in [0.2, 0.25) is 0 Å². The van der Waals surface area contributed by atoms with Crippen LogP contribution in [-0.2, 0) is 6.42 Å². The van der Waals surface area contributed by atoms with Crippen molar-refractivity contribution in [2.45, 2.75) is 51.2 Å². The van der Waals surface area contributed by atoms with Gasteiger partial charge in [-0.2, -0.15) is 0 Å². The molecule has 2 unspecified atom stereocenters. The van der Waals surface area contributed by atoms with Crippen LogP contribution < -0.4 is 15.4 Å². The Kier molecular flexibility index (Phi) is 8.39. The molecule has 2 fully saturated rings. The average Bonchev–Trinajstić information content (AvgIpc) is 3.28. The highest BCUT2D eigenvalue weighted by Gasteiger charge is 2.35. The highest BCUT2D eigenvalue weighted by Crippen LogP contribution is 2.36. The molecule has 1 aliphatic carbocycles. The van der Waals surface area contributed by atoms with Crippen LogP contribution >= 0.6 is 0 Å². The van der Waals surface area contributed by atoms with Crippen molar-refractivity contribution in [1.82, 2.24) is 4.90 Å². The number of carboxylic acid groups (broad SMARTS) is 1. The smallest absolute Gasteiger partial charge is 0.335 e. The maximum atomic E-state index is 14.8. The molecule has 3 aromatic rings. The van der Waals surface area contributed by atoms with Gasteiger partial charge in [0.1, 0.15) is 24.3 Å². The van der Waals surface area contributed by atoms with Gasteiger partial charge in [-0.25, -0.2) is 9.18 Å². The zero-order valence-electron chi connectivity index (χ0n) is 22.8. The number of carbonyl (C=O) groups is 1. The molecular formula is C33H36FN3O3. The molecule has 40 heavy (non-hydrogen) atoms. The van der Waals surface area contributed by atoms with Crippen molar-refractivity contribution < 1.29 is 19.0 Å². The molecule has 3 aromatic carbocycles. The van der Waals surface area contributed by atoms with E-state index in [-0.39, 0.29) is 11.6 Å². The molecule has 1 heterocycles. The number of nitrogens with one attached hydrogen (secondary N) is 2. The number of hydrogen-bond acceptors (Lipinski definition) is 5. The van der Waals surface area contributed by atoms with E-state index in [9.17, 15) is 9.18 Å². The Balaban J connectivity index is 1.26. The molecule has 1 saturated carbocycles. The van der Waals surface area contributed by atoms with Crippen molar-refractivity contribution in [2.75, 3.05) is 23.8 Å². The molecule has 0 bridgehead atoms. The fraction of sp³-hybridized carbons (Fsp3) is 0.303. The minimum Gasteiger partial charge on any atom is -0.491 e. The van der Waals surface area contributed by atoms with E-state index in [1.807, 2.05) is 30.3 Å². The predicted octanol–water partition coefficient (Wildman–Crippen LogP) is 7.16. The van der Waals surface area contributed by atoms with Gasteiger partial charge in [-0.3, -0.25) is 0 Å². The molecule has 5 rings (SSSR count). The Morgan fingerprint density at radius 3 is 2.48 bits per heavy atom. The number of benzene rings is 3. The van der Waals surface area contributed by atoms with Crippen LogP contribution in [0, 0.1) is 6.92 Å². The van der Waals surface area contributed by atoms with Gasteiger partial charge in [0, 0.05) is 36.5 Å². The standard InChI is InChI=1S/C33H36FN3O3/c1-22-17-24(11-16-31(22)36-23(2)35-28-9-4-3-5-10-28)18-32(25-7-6-8-25)37-20-27(34)19-29(37)21-40-30-14-12-26(13-15-30)33(38)39/h3-5,9-17,27,29,35-36H,2,6-8,18-21H2,1H3,(H,38,39). The fourth-order valence-electron chi connectivity index (χ4n) is 5.36. The SMILES string of the molecule is C=C(Nc1ccccc1)Nc1ccc(CC(=C2CCC2)N2CC(F)CC2COc2ccc(C(=O)O)cc2)cc1C. The van der Waals surface area contributed by atoms with Crippen LogP contribution in [-0.4, -0.2) is 41.3 Å². The van der Waals surface area contributed by atoms with Gasteiger partial charge in [0.15, 0.2) is 0 Å². The van der Waals surface area contributed by atoms with Crippen LogP contribution in [0.3, 0.4) is 0 Å². The third-order valence-corrected chi connectivity index (χ3v) is 7.64. The summed E-state index contributed by atoms with van der Waals surface area (Å²) in [4.78, 5) is 13.4. The van der Waals surface area contributed by atoms with Gasteiger partial charge in [-0.1, -0.05) is 42.5 Å². The topological polar surface area (TPSA) is 73.8 Å². The Hall–Kier alpha value is -4.26. The molecule has 0 radical (unpaired) electrons. The first kappa shape index (κ1) is 27.3. The fourth-order valence-corrected chi connectivity index (χ4v) is 5.36. The van der Waals surface area contributed by atoms with Crippen LogP contribution in [0.25, 0.3) is 0 Å². The predicted molar refractivity (Wildman–Crippen MR) is 157 cm³/mol. The van der Waals surface area contributed by atoms with E-state index >= 15 is 0 Å². The molecular weight excluding hydrogens is 505 g/mol. The van der Waals surface area contributed by atoms with Gasteiger partial charge in [-0.15, -0.1) is 0 Å². The lowest BCUT2D eigenvalue weighted by atomic mass is 9.87. The summed E-state index contributed by atoms with van der Waals surface area (Å²) in [5.41, 5.74) is 7.09. The summed E-state index contributed by atoms with van der Waals surface area (Å²) in [6.07, 6.45) is 3.53. The molecule has 2 aliphatic rings. The summed E-state index contributed by atoms with van der Waals surface area (Å²) in [6, 6.07) is 22.6. The van der Waals surface area contributed by atoms with Crippen molar-refractivity contribution in [3.05, 3.63) is 113 Å². The average molecular weight is 542 g/mol. The summed E-state index contributed by atoms with van der Waals surface area (Å²) < 4.78 is 20.8. The first-order valence-corrected chi connectivity index (χ1v) is 13.8. The third kappa shape index (κ3) is 6.65. The monoisotopic (exact) mass is 541 g/mol. The number of para-hydroxylation sites is 1. The van der Waals surface area contributed by atoms with Gasteiger partial charge in [0.2, 0.25) is 0 Å².